The van der Waals surface area contributed by atoms with E-state index in [1.165, 1.54) is 19.3 Å². The van der Waals surface area contributed by atoms with Crippen molar-refractivity contribution >= 4 is 29.6 Å². The maximum absolute atomic E-state index is 12.6. The number of carbonyl (C=O) groups is 3. The van der Waals surface area contributed by atoms with Crippen molar-refractivity contribution in [3.63, 3.8) is 0 Å². The van der Waals surface area contributed by atoms with Crippen molar-refractivity contribution in [1.82, 2.24) is 15.1 Å². The molecule has 0 bridgehead atoms. The molecule has 1 saturated carbocycles. The number of benzene rings is 2. The third kappa shape index (κ3) is 8.21. The van der Waals surface area contributed by atoms with E-state index >= 15 is 0 Å². The minimum absolute atomic E-state index is 0.0978. The van der Waals surface area contributed by atoms with E-state index in [1.807, 2.05) is 24.1 Å². The molecule has 1 fully saturated rings. The smallest absolute Gasteiger partial charge is 0.419 e. The summed E-state index contributed by atoms with van der Waals surface area (Å²) in [5.41, 5.74) is 1.48. The molecule has 40 heavy (non-hydrogen) atoms. The first-order valence-electron chi connectivity index (χ1n) is 14.0. The van der Waals surface area contributed by atoms with E-state index in [9.17, 15) is 14.4 Å². The molecule has 0 unspecified atom stereocenters. The van der Waals surface area contributed by atoms with Gasteiger partial charge in [-0.15, -0.1) is 0 Å². The van der Waals surface area contributed by atoms with Gasteiger partial charge in [0.1, 0.15) is 18.0 Å². The molecule has 0 radical (unpaired) electrons. The zero-order valence-electron chi connectivity index (χ0n) is 23.3. The van der Waals surface area contributed by atoms with Crippen LogP contribution in [0, 0.1) is 0 Å². The summed E-state index contributed by atoms with van der Waals surface area (Å²) in [6.07, 6.45) is 6.19. The average Bonchev–Trinajstić information content (AvgIpc) is 2.96. The summed E-state index contributed by atoms with van der Waals surface area (Å²) in [5.74, 6) is 0.953. The molecular weight excluding hydrogens is 512 g/mol. The van der Waals surface area contributed by atoms with Crippen molar-refractivity contribution in [3.05, 3.63) is 54.1 Å². The SMILES string of the molecule is CCOC(=O)CN1Cc2cc(OCCCC(=O)N(C)C3CCCCC3)ccc2N=C1NC(=O)Oc1ccccc1. The van der Waals surface area contributed by atoms with Crippen LogP contribution in [0.2, 0.25) is 0 Å². The Morgan fingerprint density at radius 1 is 1.05 bits per heavy atom. The van der Waals surface area contributed by atoms with E-state index in [0.29, 0.717) is 49.2 Å². The number of ether oxygens (including phenoxy) is 3. The van der Waals surface area contributed by atoms with E-state index in [0.717, 1.165) is 18.4 Å². The summed E-state index contributed by atoms with van der Waals surface area (Å²) in [6, 6.07) is 14.5. The fourth-order valence-corrected chi connectivity index (χ4v) is 4.93. The van der Waals surface area contributed by atoms with Crippen LogP contribution in [0.5, 0.6) is 11.5 Å². The third-order valence-electron chi connectivity index (χ3n) is 7.05. The van der Waals surface area contributed by atoms with Gasteiger partial charge in [-0.2, -0.15) is 0 Å². The molecule has 10 heteroatoms. The summed E-state index contributed by atoms with van der Waals surface area (Å²) in [6.45, 7) is 2.60. The fourth-order valence-electron chi connectivity index (χ4n) is 4.93. The summed E-state index contributed by atoms with van der Waals surface area (Å²) in [5, 5.41) is 2.65. The van der Waals surface area contributed by atoms with Gasteiger partial charge in [0, 0.05) is 31.6 Å². The van der Waals surface area contributed by atoms with Crippen LogP contribution >= 0.6 is 0 Å². The standard InChI is InChI=1S/C30H38N4O6/c1-3-38-28(36)21-34-20-22-19-25(39-18-10-15-27(35)33(2)23-11-6-4-7-12-23)16-17-26(22)31-29(34)32-30(37)40-24-13-8-5-9-14-24/h5,8-9,13-14,16-17,19,23H,3-4,6-7,10-12,15,18,20-21H2,1-2H3,(H,31,32,37). The van der Waals surface area contributed by atoms with Gasteiger partial charge in [0.15, 0.2) is 0 Å². The second-order valence-corrected chi connectivity index (χ2v) is 9.96. The molecule has 0 aromatic heterocycles. The lowest BCUT2D eigenvalue weighted by atomic mass is 9.94. The quantitative estimate of drug-likeness (QED) is 0.335. The van der Waals surface area contributed by atoms with Crippen molar-refractivity contribution in [3.8, 4) is 11.5 Å². The van der Waals surface area contributed by atoms with Crippen LogP contribution in [0.3, 0.4) is 0 Å². The molecule has 0 spiro atoms. The number of carbonyl (C=O) groups excluding carboxylic acids is 3. The number of rotatable bonds is 10. The first-order chi connectivity index (χ1) is 19.4. The maximum Gasteiger partial charge on any atom is 0.419 e. The van der Waals surface area contributed by atoms with Crippen molar-refractivity contribution < 1.29 is 28.6 Å². The van der Waals surface area contributed by atoms with Crippen molar-refractivity contribution in [2.75, 3.05) is 26.8 Å². The Balaban J connectivity index is 1.35. The van der Waals surface area contributed by atoms with Gasteiger partial charge in [0.05, 0.1) is 18.9 Å². The number of hydrogen-bond acceptors (Lipinski definition) is 8. The Hall–Kier alpha value is -4.08. The highest BCUT2D eigenvalue weighted by atomic mass is 16.6. The summed E-state index contributed by atoms with van der Waals surface area (Å²) >= 11 is 0. The van der Waals surface area contributed by atoms with E-state index in [2.05, 4.69) is 10.3 Å². The molecule has 214 valence electrons. The number of fused-ring (bicyclic) bond motifs is 1. The maximum atomic E-state index is 12.6. The normalized spacial score (nSPS) is 14.9. The molecule has 0 atom stereocenters. The number of nitrogens with one attached hydrogen (secondary N) is 1. The first-order valence-corrected chi connectivity index (χ1v) is 14.0. The van der Waals surface area contributed by atoms with Crippen molar-refractivity contribution in [2.24, 2.45) is 4.99 Å². The zero-order chi connectivity index (χ0) is 28.3. The number of esters is 1. The van der Waals surface area contributed by atoms with Crippen molar-refractivity contribution in [2.45, 2.75) is 64.5 Å². The summed E-state index contributed by atoms with van der Waals surface area (Å²) in [4.78, 5) is 45.5. The van der Waals surface area contributed by atoms with E-state index < -0.39 is 12.1 Å². The topological polar surface area (TPSA) is 110 Å². The molecular formula is C30H38N4O6. The van der Waals surface area contributed by atoms with Crippen LogP contribution in [0.25, 0.3) is 0 Å². The molecule has 2 aliphatic rings. The Bertz CT molecular complexity index is 1200. The third-order valence-corrected chi connectivity index (χ3v) is 7.05. The number of aliphatic imine (C=N–C) groups is 1. The predicted molar refractivity (Wildman–Crippen MR) is 151 cm³/mol. The highest BCUT2D eigenvalue weighted by molar-refractivity contribution is 5.98. The second-order valence-electron chi connectivity index (χ2n) is 9.96. The monoisotopic (exact) mass is 550 g/mol. The highest BCUT2D eigenvalue weighted by Gasteiger charge is 2.25. The number of amides is 2. The van der Waals surface area contributed by atoms with Crippen LogP contribution < -0.4 is 14.8 Å². The molecule has 4 rings (SSSR count). The summed E-state index contributed by atoms with van der Waals surface area (Å²) in [7, 11) is 1.91. The van der Waals surface area contributed by atoms with Gasteiger partial charge in [-0.3, -0.25) is 14.9 Å². The molecule has 1 aliphatic carbocycles. The van der Waals surface area contributed by atoms with Crippen LogP contribution in [0.4, 0.5) is 10.5 Å². The zero-order valence-corrected chi connectivity index (χ0v) is 23.3. The highest BCUT2D eigenvalue weighted by Crippen LogP contribution is 2.30. The number of guanidine groups is 1. The Morgan fingerprint density at radius 2 is 1.82 bits per heavy atom. The number of para-hydroxylation sites is 1. The lowest BCUT2D eigenvalue weighted by Crippen LogP contribution is -2.48. The molecule has 1 N–H and O–H groups in total. The van der Waals surface area contributed by atoms with Gasteiger partial charge < -0.3 is 24.0 Å². The van der Waals surface area contributed by atoms with Gasteiger partial charge in [0.25, 0.3) is 0 Å². The van der Waals surface area contributed by atoms with Gasteiger partial charge in [-0.05, 0) is 56.5 Å². The van der Waals surface area contributed by atoms with Crippen molar-refractivity contribution in [1.29, 1.82) is 0 Å². The van der Waals surface area contributed by atoms with Crippen LogP contribution in [-0.4, -0.2) is 66.6 Å². The largest absolute Gasteiger partial charge is 0.494 e. The van der Waals surface area contributed by atoms with E-state index in [-0.39, 0.29) is 25.0 Å². The predicted octanol–water partition coefficient (Wildman–Crippen LogP) is 4.79. The first kappa shape index (κ1) is 28.9. The Morgan fingerprint density at radius 3 is 2.58 bits per heavy atom. The molecule has 2 aromatic carbocycles. The minimum atomic E-state index is -0.717. The molecule has 1 heterocycles. The fraction of sp³-hybridized carbons (Fsp3) is 0.467. The Kier molecular flexibility index (Phi) is 10.4. The molecule has 1 aliphatic heterocycles. The number of nitrogens with zero attached hydrogens (tertiary/aromatic N) is 3. The molecule has 2 aromatic rings. The molecule has 2 amide bonds. The molecule has 0 saturated heterocycles. The van der Waals surface area contributed by atoms with Gasteiger partial charge >= 0.3 is 12.1 Å². The minimum Gasteiger partial charge on any atom is -0.494 e. The van der Waals surface area contributed by atoms with Crippen LogP contribution in [0.15, 0.2) is 53.5 Å². The van der Waals surface area contributed by atoms with Crippen LogP contribution in [-0.2, 0) is 20.9 Å². The Labute approximate surface area is 235 Å². The van der Waals surface area contributed by atoms with Gasteiger partial charge in [-0.25, -0.2) is 9.79 Å². The second kappa shape index (κ2) is 14.3. The van der Waals surface area contributed by atoms with E-state index in [1.54, 1.807) is 48.2 Å². The average molecular weight is 551 g/mol. The number of hydrogen-bond donors (Lipinski definition) is 1. The molecule has 10 nitrogen and oxygen atoms in total. The van der Waals surface area contributed by atoms with Gasteiger partial charge in [0.2, 0.25) is 11.9 Å². The van der Waals surface area contributed by atoms with Gasteiger partial charge in [-0.1, -0.05) is 37.5 Å². The summed E-state index contributed by atoms with van der Waals surface area (Å²) < 4.78 is 16.4. The van der Waals surface area contributed by atoms with E-state index in [4.69, 9.17) is 14.2 Å². The lowest BCUT2D eigenvalue weighted by molar-refractivity contribution is -0.143. The van der Waals surface area contributed by atoms with Crippen LogP contribution in [0.1, 0.15) is 57.4 Å². The lowest BCUT2D eigenvalue weighted by Gasteiger charge is -2.31.